The van der Waals surface area contributed by atoms with Crippen molar-refractivity contribution in [2.75, 3.05) is 19.6 Å². The topological polar surface area (TPSA) is 54.2 Å². The molecule has 0 amide bonds. The molecule has 0 radical (unpaired) electrons. The molecule has 0 fully saturated rings. The van der Waals surface area contributed by atoms with E-state index < -0.39 is 0 Å². The van der Waals surface area contributed by atoms with Crippen LogP contribution in [0.15, 0.2) is 47.7 Å². The molecule has 0 spiro atoms. The second-order valence-corrected chi connectivity index (χ2v) is 4.66. The summed E-state index contributed by atoms with van der Waals surface area (Å²) in [6, 6.07) is 10.4. The van der Waals surface area contributed by atoms with Gasteiger partial charge in [0.05, 0.1) is 5.69 Å². The second-order valence-electron chi connectivity index (χ2n) is 4.66. The van der Waals surface area contributed by atoms with Gasteiger partial charge < -0.3 is 10.6 Å². The predicted octanol–water partition coefficient (Wildman–Crippen LogP) is 1.99. The average Bonchev–Trinajstić information content (AvgIpc) is 3.03. The first-order chi connectivity index (χ1) is 10.3. The SMILES string of the molecule is CCNC(=NCCc1ccc(-n2cccn2)cc1)NCC. The van der Waals surface area contributed by atoms with Gasteiger partial charge in [0, 0.05) is 32.0 Å². The molecule has 21 heavy (non-hydrogen) atoms. The molecular weight excluding hydrogens is 262 g/mol. The third-order valence-electron chi connectivity index (χ3n) is 3.06. The number of aliphatic imine (C=N–C) groups is 1. The summed E-state index contributed by atoms with van der Waals surface area (Å²) in [5, 5.41) is 10.7. The molecule has 0 unspecified atom stereocenters. The molecule has 0 aliphatic carbocycles. The van der Waals surface area contributed by atoms with Gasteiger partial charge in [-0.3, -0.25) is 4.99 Å². The van der Waals surface area contributed by atoms with E-state index in [2.05, 4.69) is 58.8 Å². The molecule has 0 saturated carbocycles. The molecule has 1 aromatic carbocycles. The normalized spacial score (nSPS) is 10.2. The van der Waals surface area contributed by atoms with Crippen LogP contribution in [-0.4, -0.2) is 35.4 Å². The fourth-order valence-corrected chi connectivity index (χ4v) is 2.04. The molecule has 0 atom stereocenters. The van der Waals surface area contributed by atoms with Crippen molar-refractivity contribution in [3.63, 3.8) is 0 Å². The molecule has 2 N–H and O–H groups in total. The van der Waals surface area contributed by atoms with Crippen LogP contribution >= 0.6 is 0 Å². The molecule has 0 aliphatic rings. The Balaban J connectivity index is 1.90. The Morgan fingerprint density at radius 1 is 1.14 bits per heavy atom. The highest BCUT2D eigenvalue weighted by atomic mass is 15.3. The average molecular weight is 285 g/mol. The summed E-state index contributed by atoms with van der Waals surface area (Å²) in [7, 11) is 0. The Bertz CT molecular complexity index is 535. The van der Waals surface area contributed by atoms with Gasteiger partial charge in [0.1, 0.15) is 0 Å². The lowest BCUT2D eigenvalue weighted by Gasteiger charge is -2.09. The summed E-state index contributed by atoms with van der Waals surface area (Å²) in [6.07, 6.45) is 4.66. The van der Waals surface area contributed by atoms with Crippen LogP contribution in [-0.2, 0) is 6.42 Å². The number of nitrogens with zero attached hydrogens (tertiary/aromatic N) is 3. The van der Waals surface area contributed by atoms with Crippen molar-refractivity contribution in [2.45, 2.75) is 20.3 Å². The van der Waals surface area contributed by atoms with Gasteiger partial charge >= 0.3 is 0 Å². The van der Waals surface area contributed by atoms with E-state index in [0.717, 1.165) is 37.7 Å². The van der Waals surface area contributed by atoms with Gasteiger partial charge in [-0.1, -0.05) is 12.1 Å². The van der Waals surface area contributed by atoms with E-state index in [4.69, 9.17) is 0 Å². The van der Waals surface area contributed by atoms with E-state index in [1.54, 1.807) is 6.20 Å². The molecule has 0 saturated heterocycles. The van der Waals surface area contributed by atoms with Crippen molar-refractivity contribution in [1.29, 1.82) is 0 Å². The summed E-state index contributed by atoms with van der Waals surface area (Å²) in [5.41, 5.74) is 2.36. The number of aromatic nitrogens is 2. The van der Waals surface area contributed by atoms with Gasteiger partial charge in [-0.25, -0.2) is 4.68 Å². The summed E-state index contributed by atoms with van der Waals surface area (Å²) in [5.74, 6) is 0.883. The lowest BCUT2D eigenvalue weighted by molar-refractivity contribution is 0.832. The first-order valence-electron chi connectivity index (χ1n) is 7.44. The zero-order valence-electron chi connectivity index (χ0n) is 12.7. The lowest BCUT2D eigenvalue weighted by Crippen LogP contribution is -2.37. The summed E-state index contributed by atoms with van der Waals surface area (Å²) in [4.78, 5) is 4.55. The van der Waals surface area contributed by atoms with E-state index >= 15 is 0 Å². The highest BCUT2D eigenvalue weighted by Gasteiger charge is 1.98. The minimum atomic E-state index is 0.774. The zero-order valence-corrected chi connectivity index (χ0v) is 12.7. The second kappa shape index (κ2) is 8.09. The van der Waals surface area contributed by atoms with Gasteiger partial charge in [0.15, 0.2) is 5.96 Å². The number of nitrogens with one attached hydrogen (secondary N) is 2. The molecule has 0 aliphatic heterocycles. The van der Waals surface area contributed by atoms with Gasteiger partial charge in [-0.2, -0.15) is 5.10 Å². The van der Waals surface area contributed by atoms with Crippen molar-refractivity contribution < 1.29 is 0 Å². The highest BCUT2D eigenvalue weighted by Crippen LogP contribution is 2.09. The minimum absolute atomic E-state index is 0.774. The maximum absolute atomic E-state index is 4.55. The highest BCUT2D eigenvalue weighted by molar-refractivity contribution is 5.79. The van der Waals surface area contributed by atoms with Gasteiger partial charge in [0.25, 0.3) is 0 Å². The van der Waals surface area contributed by atoms with Crippen LogP contribution < -0.4 is 10.6 Å². The van der Waals surface area contributed by atoms with E-state index in [0.29, 0.717) is 0 Å². The molecule has 5 nitrogen and oxygen atoms in total. The molecule has 0 bridgehead atoms. The first kappa shape index (κ1) is 15.1. The van der Waals surface area contributed by atoms with Crippen LogP contribution in [0.25, 0.3) is 5.69 Å². The summed E-state index contributed by atoms with van der Waals surface area (Å²) in [6.45, 7) is 6.67. The van der Waals surface area contributed by atoms with E-state index in [1.165, 1.54) is 5.56 Å². The smallest absolute Gasteiger partial charge is 0.191 e. The monoisotopic (exact) mass is 285 g/mol. The fraction of sp³-hybridized carbons (Fsp3) is 0.375. The third-order valence-corrected chi connectivity index (χ3v) is 3.06. The number of rotatable bonds is 6. The first-order valence-corrected chi connectivity index (χ1v) is 7.44. The van der Waals surface area contributed by atoms with Crippen molar-refractivity contribution in [2.24, 2.45) is 4.99 Å². The number of guanidine groups is 1. The van der Waals surface area contributed by atoms with E-state index in [9.17, 15) is 0 Å². The maximum atomic E-state index is 4.55. The van der Waals surface area contributed by atoms with Crippen LogP contribution in [0.1, 0.15) is 19.4 Å². The predicted molar refractivity (Wildman–Crippen MR) is 86.9 cm³/mol. The lowest BCUT2D eigenvalue weighted by atomic mass is 10.1. The number of hydrogen-bond donors (Lipinski definition) is 2. The molecule has 2 rings (SSSR count). The molecule has 5 heteroatoms. The summed E-state index contributed by atoms with van der Waals surface area (Å²) < 4.78 is 1.86. The number of hydrogen-bond acceptors (Lipinski definition) is 2. The van der Waals surface area contributed by atoms with Crippen LogP contribution in [0.3, 0.4) is 0 Å². The molecule has 2 aromatic rings. The minimum Gasteiger partial charge on any atom is -0.357 e. The van der Waals surface area contributed by atoms with Gasteiger partial charge in [0.2, 0.25) is 0 Å². The van der Waals surface area contributed by atoms with Crippen molar-refractivity contribution in [1.82, 2.24) is 20.4 Å². The van der Waals surface area contributed by atoms with Gasteiger partial charge in [-0.15, -0.1) is 0 Å². The van der Waals surface area contributed by atoms with Crippen LogP contribution in [0, 0.1) is 0 Å². The molecular formula is C16H23N5. The Morgan fingerprint density at radius 2 is 1.86 bits per heavy atom. The Kier molecular flexibility index (Phi) is 5.82. The fourth-order valence-electron chi connectivity index (χ4n) is 2.04. The largest absolute Gasteiger partial charge is 0.357 e. The van der Waals surface area contributed by atoms with Crippen LogP contribution in [0.2, 0.25) is 0 Å². The third kappa shape index (κ3) is 4.63. The van der Waals surface area contributed by atoms with Crippen molar-refractivity contribution >= 4 is 5.96 Å². The number of benzene rings is 1. The zero-order chi connectivity index (χ0) is 14.9. The van der Waals surface area contributed by atoms with Crippen LogP contribution in [0.5, 0.6) is 0 Å². The van der Waals surface area contributed by atoms with Gasteiger partial charge in [-0.05, 0) is 44.0 Å². The van der Waals surface area contributed by atoms with Crippen molar-refractivity contribution in [3.8, 4) is 5.69 Å². The van der Waals surface area contributed by atoms with E-state index in [-0.39, 0.29) is 0 Å². The standard InChI is InChI=1S/C16H23N5/c1-3-17-16(18-4-2)19-12-10-14-6-8-15(9-7-14)21-13-5-11-20-21/h5-9,11,13H,3-4,10,12H2,1-2H3,(H2,17,18,19). The molecule has 1 heterocycles. The maximum Gasteiger partial charge on any atom is 0.191 e. The quantitative estimate of drug-likeness (QED) is 0.630. The van der Waals surface area contributed by atoms with Crippen molar-refractivity contribution in [3.05, 3.63) is 48.3 Å². The Hall–Kier alpha value is -2.30. The van der Waals surface area contributed by atoms with Crippen LogP contribution in [0.4, 0.5) is 0 Å². The molecule has 1 aromatic heterocycles. The van der Waals surface area contributed by atoms with E-state index in [1.807, 2.05) is 16.9 Å². The molecule has 112 valence electrons. The Morgan fingerprint density at radius 3 is 2.43 bits per heavy atom. The summed E-state index contributed by atoms with van der Waals surface area (Å²) >= 11 is 0. The Labute approximate surface area is 126 Å².